The molecule has 1 radical (unpaired) electrons. The van der Waals surface area contributed by atoms with Crippen molar-refractivity contribution >= 4 is 35.8 Å². The number of carbonyl (C=O) groups is 2. The summed E-state index contributed by atoms with van der Waals surface area (Å²) >= 11 is 0. The Kier molecular flexibility index (Phi) is 6.10. The summed E-state index contributed by atoms with van der Waals surface area (Å²) < 4.78 is 0. The van der Waals surface area contributed by atoms with E-state index in [0.29, 0.717) is 22.4 Å². The first kappa shape index (κ1) is 17.7. The van der Waals surface area contributed by atoms with Crippen molar-refractivity contribution in [3.8, 4) is 0 Å². The van der Waals surface area contributed by atoms with Gasteiger partial charge >= 0.3 is 0 Å². The largest absolute Gasteiger partial charge is 0.398 e. The molecule has 1 unspecified atom stereocenters. The van der Waals surface area contributed by atoms with E-state index < -0.39 is 5.91 Å². The van der Waals surface area contributed by atoms with E-state index in [1.807, 2.05) is 19.9 Å². The van der Waals surface area contributed by atoms with Gasteiger partial charge in [0.05, 0.1) is 0 Å². The molecule has 115 valence electrons. The van der Waals surface area contributed by atoms with E-state index in [1.165, 1.54) is 7.28 Å². The van der Waals surface area contributed by atoms with Gasteiger partial charge in [0, 0.05) is 22.4 Å². The predicted octanol–water partition coefficient (Wildman–Crippen LogP) is 2.10. The Balaban J connectivity index is 3.38. The quantitative estimate of drug-likeness (QED) is 0.407. The van der Waals surface area contributed by atoms with E-state index in [1.54, 1.807) is 25.0 Å². The number of nitrogens with one attached hydrogen (secondary N) is 1. The maximum Gasteiger partial charge on any atom is 0.267 e. The average Bonchev–Trinajstić information content (AvgIpc) is 2.50. The molecule has 5 nitrogen and oxygen atoms in total. The first-order chi connectivity index (χ1) is 10.3. The van der Waals surface area contributed by atoms with Crippen LogP contribution in [0.5, 0.6) is 0 Å². The van der Waals surface area contributed by atoms with Crippen molar-refractivity contribution in [1.82, 2.24) is 0 Å². The number of primary amides is 1. The molecule has 0 saturated heterocycles. The van der Waals surface area contributed by atoms with Gasteiger partial charge in [-0.2, -0.15) is 0 Å². The minimum atomic E-state index is -0.809. The first-order valence-electron chi connectivity index (χ1n) is 7.15. The summed E-state index contributed by atoms with van der Waals surface area (Å²) in [6.45, 7) is 5.65. The molecule has 1 atom stereocenters. The summed E-state index contributed by atoms with van der Waals surface area (Å²) in [6.07, 6.45) is 2.67. The Bertz CT molecular complexity index is 638. The second-order valence-electron chi connectivity index (χ2n) is 5.16. The van der Waals surface area contributed by atoms with Crippen LogP contribution in [0.3, 0.4) is 0 Å². The maximum atomic E-state index is 11.7. The molecular formula is C16H21BN3O2. The zero-order valence-electron chi connectivity index (χ0n) is 13.1. The number of amides is 1. The lowest BCUT2D eigenvalue weighted by Crippen LogP contribution is -2.24. The molecule has 1 rings (SSSR count). The van der Waals surface area contributed by atoms with Crippen LogP contribution >= 0.6 is 0 Å². The van der Waals surface area contributed by atoms with Crippen molar-refractivity contribution < 1.29 is 9.59 Å². The van der Waals surface area contributed by atoms with Gasteiger partial charge in [0.1, 0.15) is 11.4 Å². The van der Waals surface area contributed by atoms with E-state index in [-0.39, 0.29) is 17.3 Å². The molecular weight excluding hydrogens is 277 g/mol. The van der Waals surface area contributed by atoms with Gasteiger partial charge in [0.25, 0.3) is 5.91 Å². The average molecular weight is 298 g/mol. The molecule has 0 saturated carbocycles. The highest BCUT2D eigenvalue weighted by atomic mass is 16.1. The normalized spacial score (nSPS) is 12.6. The number of carbonyl (C=O) groups excluding carboxylic acids is 2. The standard InChI is InChI=1S/C16H21BN3O2/c1-4-9(2)7-12(14(19)16(20)22)11-6-5-10(8-13(11)18)15(21)17-3/h5-9,19H,4,18H2,1-3H3,(H2,20,22)/b12-7-,19-14?. The molecule has 0 bridgehead atoms. The summed E-state index contributed by atoms with van der Waals surface area (Å²) in [5.74, 6) is -0.643. The number of hydrogen-bond donors (Lipinski definition) is 3. The lowest BCUT2D eigenvalue weighted by Gasteiger charge is -2.13. The summed E-state index contributed by atoms with van der Waals surface area (Å²) in [5.41, 5.74) is 12.6. The molecule has 1 amide bonds. The third-order valence-electron chi connectivity index (χ3n) is 3.50. The van der Waals surface area contributed by atoms with E-state index in [4.69, 9.17) is 16.9 Å². The molecule has 22 heavy (non-hydrogen) atoms. The van der Waals surface area contributed by atoms with Crippen LogP contribution in [-0.4, -0.2) is 24.6 Å². The zero-order valence-corrected chi connectivity index (χ0v) is 13.1. The van der Waals surface area contributed by atoms with E-state index in [0.717, 1.165) is 6.42 Å². The summed E-state index contributed by atoms with van der Waals surface area (Å²) in [4.78, 5) is 23.0. The van der Waals surface area contributed by atoms with Crippen LogP contribution in [0.25, 0.3) is 5.57 Å². The minimum absolute atomic E-state index is 0.129. The van der Waals surface area contributed by atoms with E-state index in [2.05, 4.69) is 0 Å². The number of benzene rings is 1. The third kappa shape index (κ3) is 4.07. The molecule has 0 aliphatic carbocycles. The zero-order chi connectivity index (χ0) is 16.9. The van der Waals surface area contributed by atoms with Gasteiger partial charge in [-0.3, -0.25) is 10.2 Å². The molecule has 0 spiro atoms. The van der Waals surface area contributed by atoms with Crippen LogP contribution < -0.4 is 11.5 Å². The topological polar surface area (TPSA) is 110 Å². The Labute approximate surface area is 131 Å². The first-order valence-corrected chi connectivity index (χ1v) is 7.15. The molecule has 1 aromatic carbocycles. The number of rotatable bonds is 7. The van der Waals surface area contributed by atoms with Crippen LogP contribution in [0.1, 0.15) is 36.2 Å². The van der Waals surface area contributed by atoms with Crippen LogP contribution in [0.4, 0.5) is 5.69 Å². The van der Waals surface area contributed by atoms with Gasteiger partial charge in [-0.15, -0.1) is 0 Å². The van der Waals surface area contributed by atoms with Crippen molar-refractivity contribution in [2.24, 2.45) is 11.7 Å². The maximum absolute atomic E-state index is 11.7. The molecule has 5 N–H and O–H groups in total. The lowest BCUT2D eigenvalue weighted by atomic mass is 9.73. The molecule has 0 aliphatic heterocycles. The molecule has 0 heterocycles. The van der Waals surface area contributed by atoms with Gasteiger partial charge in [-0.25, -0.2) is 0 Å². The molecule has 0 fully saturated rings. The van der Waals surface area contributed by atoms with Crippen molar-refractivity contribution in [3.05, 3.63) is 35.4 Å². The SMILES string of the molecule is C[B]C(=O)c1ccc(/C(=C/C(C)CC)C(=N)C(N)=O)c(N)c1. The monoisotopic (exact) mass is 298 g/mol. The predicted molar refractivity (Wildman–Crippen MR) is 91.2 cm³/mol. The Morgan fingerprint density at radius 2 is 2.05 bits per heavy atom. The van der Waals surface area contributed by atoms with Crippen LogP contribution in [-0.2, 0) is 4.79 Å². The second kappa shape index (κ2) is 7.59. The lowest BCUT2D eigenvalue weighted by molar-refractivity contribution is -0.111. The van der Waals surface area contributed by atoms with Gasteiger partial charge < -0.3 is 16.3 Å². The van der Waals surface area contributed by atoms with Crippen molar-refractivity contribution in [1.29, 1.82) is 5.41 Å². The summed E-state index contributed by atoms with van der Waals surface area (Å²) in [5, 5.41) is 7.91. The number of anilines is 1. The highest BCUT2D eigenvalue weighted by Crippen LogP contribution is 2.26. The van der Waals surface area contributed by atoms with Gasteiger partial charge in [-0.1, -0.05) is 45.3 Å². The van der Waals surface area contributed by atoms with Crippen LogP contribution in [0.2, 0.25) is 6.82 Å². The van der Waals surface area contributed by atoms with Crippen LogP contribution in [0, 0.1) is 11.3 Å². The summed E-state index contributed by atoms with van der Waals surface area (Å²) in [7, 11) is 1.45. The Morgan fingerprint density at radius 1 is 1.41 bits per heavy atom. The smallest absolute Gasteiger partial charge is 0.267 e. The fraction of sp³-hybridized carbons (Fsp3) is 0.312. The Hall–Kier alpha value is -2.37. The number of allylic oxidation sites excluding steroid dienone is 1. The Morgan fingerprint density at radius 3 is 2.50 bits per heavy atom. The van der Waals surface area contributed by atoms with E-state index in [9.17, 15) is 9.59 Å². The van der Waals surface area contributed by atoms with Gasteiger partial charge in [-0.05, 0) is 12.0 Å². The highest BCUT2D eigenvalue weighted by Gasteiger charge is 2.17. The second-order valence-corrected chi connectivity index (χ2v) is 5.16. The van der Waals surface area contributed by atoms with Crippen molar-refractivity contribution in [2.45, 2.75) is 27.1 Å². The fourth-order valence-corrected chi connectivity index (χ4v) is 1.97. The van der Waals surface area contributed by atoms with E-state index >= 15 is 0 Å². The van der Waals surface area contributed by atoms with Gasteiger partial charge in [0.2, 0.25) is 7.28 Å². The van der Waals surface area contributed by atoms with Crippen molar-refractivity contribution in [3.63, 3.8) is 0 Å². The van der Waals surface area contributed by atoms with Gasteiger partial charge in [0.15, 0.2) is 0 Å². The fourth-order valence-electron chi connectivity index (χ4n) is 1.97. The number of nitrogen functional groups attached to an aromatic ring is 1. The van der Waals surface area contributed by atoms with Crippen molar-refractivity contribution in [2.75, 3.05) is 5.73 Å². The molecule has 1 aromatic rings. The number of nitrogens with two attached hydrogens (primary N) is 2. The highest BCUT2D eigenvalue weighted by molar-refractivity contribution is 6.76. The van der Waals surface area contributed by atoms with Crippen LogP contribution in [0.15, 0.2) is 24.3 Å². The molecule has 0 aliphatic rings. The molecule has 6 heteroatoms. The summed E-state index contributed by atoms with van der Waals surface area (Å²) in [6, 6.07) is 4.83. The molecule has 0 aromatic heterocycles. The minimum Gasteiger partial charge on any atom is -0.398 e. The third-order valence-corrected chi connectivity index (χ3v) is 3.50. The number of hydrogen-bond acceptors (Lipinski definition) is 4.